The van der Waals surface area contributed by atoms with Crippen molar-refractivity contribution in [2.45, 2.75) is 37.9 Å². The standard InChI is InChI=1S/C18H23N3O3/c22-18(15-10-16(15)21(23)24)20(11-13-4-2-1-3-5-13)17-12-19-8-6-14(17)7-9-19/h1-5,14-17H,6-12H2. The molecule has 6 heteroatoms. The molecule has 3 saturated heterocycles. The maximum atomic E-state index is 13.0. The van der Waals surface area contributed by atoms with E-state index >= 15 is 0 Å². The lowest BCUT2D eigenvalue weighted by atomic mass is 9.82. The minimum Gasteiger partial charge on any atom is -0.333 e. The topological polar surface area (TPSA) is 66.7 Å². The number of piperidine rings is 3. The van der Waals surface area contributed by atoms with Crippen LogP contribution in [0.3, 0.4) is 0 Å². The number of rotatable bonds is 5. The zero-order valence-corrected chi connectivity index (χ0v) is 13.7. The van der Waals surface area contributed by atoms with E-state index < -0.39 is 12.0 Å². The number of hydrogen-bond acceptors (Lipinski definition) is 4. The first-order valence-corrected chi connectivity index (χ1v) is 8.84. The predicted molar refractivity (Wildman–Crippen MR) is 88.8 cm³/mol. The van der Waals surface area contributed by atoms with Crippen LogP contribution < -0.4 is 0 Å². The molecule has 0 spiro atoms. The van der Waals surface area contributed by atoms with Crippen LogP contribution in [-0.4, -0.2) is 52.3 Å². The zero-order valence-electron chi connectivity index (χ0n) is 13.7. The first kappa shape index (κ1) is 15.6. The van der Waals surface area contributed by atoms with Gasteiger partial charge in [-0.25, -0.2) is 0 Å². The van der Waals surface area contributed by atoms with Crippen LogP contribution >= 0.6 is 0 Å². The van der Waals surface area contributed by atoms with Gasteiger partial charge in [-0.05, 0) is 37.4 Å². The van der Waals surface area contributed by atoms with Gasteiger partial charge in [0.15, 0.2) is 0 Å². The van der Waals surface area contributed by atoms with Crippen LogP contribution in [-0.2, 0) is 11.3 Å². The number of amides is 1. The van der Waals surface area contributed by atoms with Gasteiger partial charge >= 0.3 is 0 Å². The molecular formula is C18H23N3O3. The van der Waals surface area contributed by atoms with E-state index in [0.29, 0.717) is 18.9 Å². The summed E-state index contributed by atoms with van der Waals surface area (Å²) in [4.78, 5) is 28.1. The summed E-state index contributed by atoms with van der Waals surface area (Å²) < 4.78 is 0. The molecule has 2 bridgehead atoms. The van der Waals surface area contributed by atoms with Crippen molar-refractivity contribution in [1.29, 1.82) is 0 Å². The summed E-state index contributed by atoms with van der Waals surface area (Å²) in [7, 11) is 0. The minimum atomic E-state index is -0.670. The van der Waals surface area contributed by atoms with Crippen LogP contribution in [0.25, 0.3) is 0 Å². The third-order valence-corrected chi connectivity index (χ3v) is 5.85. The van der Waals surface area contributed by atoms with E-state index in [-0.39, 0.29) is 16.9 Å². The number of nitrogens with zero attached hydrogens (tertiary/aromatic N) is 3. The number of nitro groups is 1. The fourth-order valence-corrected chi connectivity index (χ4v) is 4.32. The maximum Gasteiger partial charge on any atom is 0.233 e. The van der Waals surface area contributed by atoms with Gasteiger partial charge < -0.3 is 9.80 Å². The Hall–Kier alpha value is -1.95. The summed E-state index contributed by atoms with van der Waals surface area (Å²) in [6.07, 6.45) is 2.66. The van der Waals surface area contributed by atoms with E-state index in [1.807, 2.05) is 35.2 Å². The Labute approximate surface area is 141 Å². The molecule has 4 fully saturated rings. The fourth-order valence-electron chi connectivity index (χ4n) is 4.32. The molecule has 0 aromatic heterocycles. The van der Waals surface area contributed by atoms with Gasteiger partial charge in [-0.3, -0.25) is 14.9 Å². The average Bonchev–Trinajstić information content (AvgIpc) is 3.42. The van der Waals surface area contributed by atoms with Gasteiger partial charge in [0.2, 0.25) is 11.9 Å². The van der Waals surface area contributed by atoms with E-state index in [4.69, 9.17) is 0 Å². The van der Waals surface area contributed by atoms with Crippen molar-refractivity contribution in [3.63, 3.8) is 0 Å². The normalized spacial score (nSPS) is 33.9. The molecule has 3 aliphatic heterocycles. The van der Waals surface area contributed by atoms with Crippen molar-refractivity contribution in [2.24, 2.45) is 11.8 Å². The molecule has 0 N–H and O–H groups in total. The molecule has 3 unspecified atom stereocenters. The smallest absolute Gasteiger partial charge is 0.233 e. The van der Waals surface area contributed by atoms with Crippen molar-refractivity contribution >= 4 is 5.91 Å². The molecule has 24 heavy (non-hydrogen) atoms. The monoisotopic (exact) mass is 329 g/mol. The average molecular weight is 329 g/mol. The van der Waals surface area contributed by atoms with Gasteiger partial charge in [0.25, 0.3) is 0 Å². The van der Waals surface area contributed by atoms with Crippen LogP contribution in [0.1, 0.15) is 24.8 Å². The van der Waals surface area contributed by atoms with Gasteiger partial charge in [-0.2, -0.15) is 0 Å². The van der Waals surface area contributed by atoms with Crippen molar-refractivity contribution in [3.05, 3.63) is 46.0 Å². The molecular weight excluding hydrogens is 306 g/mol. The summed E-state index contributed by atoms with van der Waals surface area (Å²) in [5.74, 6) is 0.105. The summed E-state index contributed by atoms with van der Waals surface area (Å²) in [6, 6.07) is 9.51. The van der Waals surface area contributed by atoms with Gasteiger partial charge in [-0.1, -0.05) is 30.3 Å². The number of fused-ring (bicyclic) bond motifs is 3. The summed E-state index contributed by atoms with van der Waals surface area (Å²) in [5.41, 5.74) is 1.10. The Morgan fingerprint density at radius 2 is 1.96 bits per heavy atom. The number of hydrogen-bond donors (Lipinski definition) is 0. The first-order valence-electron chi connectivity index (χ1n) is 8.84. The molecule has 0 radical (unpaired) electrons. The van der Waals surface area contributed by atoms with Crippen molar-refractivity contribution in [1.82, 2.24) is 9.80 Å². The Balaban J connectivity index is 1.55. The van der Waals surface area contributed by atoms with Gasteiger partial charge in [0.05, 0.1) is 0 Å². The molecule has 1 aromatic rings. The molecule has 3 atom stereocenters. The molecule has 3 heterocycles. The summed E-state index contributed by atoms with van der Waals surface area (Å²) >= 11 is 0. The van der Waals surface area contributed by atoms with Crippen molar-refractivity contribution in [3.8, 4) is 0 Å². The lowest BCUT2D eigenvalue weighted by Gasteiger charge is -2.49. The molecule has 1 amide bonds. The summed E-state index contributed by atoms with van der Waals surface area (Å²) in [5, 5.41) is 11.0. The SMILES string of the molecule is O=C(C1CC1[N+](=O)[O-])N(Cc1ccccc1)C1CN2CCC1CC2. The highest BCUT2D eigenvalue weighted by atomic mass is 16.6. The Bertz CT molecular complexity index is 628. The Morgan fingerprint density at radius 1 is 1.25 bits per heavy atom. The summed E-state index contributed by atoms with van der Waals surface area (Å²) in [6.45, 7) is 3.72. The Morgan fingerprint density at radius 3 is 2.50 bits per heavy atom. The molecule has 1 aromatic carbocycles. The zero-order chi connectivity index (χ0) is 16.7. The molecule has 5 rings (SSSR count). The van der Waals surface area contributed by atoms with E-state index in [1.165, 1.54) is 0 Å². The molecule has 128 valence electrons. The molecule has 1 aliphatic carbocycles. The minimum absolute atomic E-state index is 0.0145. The van der Waals surface area contributed by atoms with E-state index in [2.05, 4.69) is 4.90 Å². The van der Waals surface area contributed by atoms with E-state index in [0.717, 1.165) is 38.0 Å². The molecule has 1 saturated carbocycles. The predicted octanol–water partition coefficient (Wildman–Crippen LogP) is 1.77. The Kier molecular flexibility index (Phi) is 4.00. The largest absolute Gasteiger partial charge is 0.333 e. The van der Waals surface area contributed by atoms with Crippen LogP contribution in [0, 0.1) is 22.0 Å². The second-order valence-corrected chi connectivity index (χ2v) is 7.35. The second kappa shape index (κ2) is 6.16. The number of benzene rings is 1. The number of carbonyl (C=O) groups excluding carboxylic acids is 1. The first-order chi connectivity index (χ1) is 11.6. The van der Waals surface area contributed by atoms with Gasteiger partial charge in [0.1, 0.15) is 5.92 Å². The van der Waals surface area contributed by atoms with Crippen molar-refractivity contribution < 1.29 is 9.72 Å². The van der Waals surface area contributed by atoms with Crippen LogP contribution in [0.5, 0.6) is 0 Å². The maximum absolute atomic E-state index is 13.0. The third-order valence-electron chi connectivity index (χ3n) is 5.85. The van der Waals surface area contributed by atoms with E-state index in [9.17, 15) is 14.9 Å². The third kappa shape index (κ3) is 2.90. The molecule has 6 nitrogen and oxygen atoms in total. The quantitative estimate of drug-likeness (QED) is 0.610. The number of carbonyl (C=O) groups is 1. The van der Waals surface area contributed by atoms with Gasteiger partial charge in [0, 0.05) is 30.5 Å². The molecule has 4 aliphatic rings. The van der Waals surface area contributed by atoms with Crippen molar-refractivity contribution in [2.75, 3.05) is 19.6 Å². The highest BCUT2D eigenvalue weighted by Gasteiger charge is 2.56. The van der Waals surface area contributed by atoms with E-state index in [1.54, 1.807) is 0 Å². The van der Waals surface area contributed by atoms with Crippen LogP contribution in [0.15, 0.2) is 30.3 Å². The van der Waals surface area contributed by atoms with Crippen LogP contribution in [0.2, 0.25) is 0 Å². The van der Waals surface area contributed by atoms with Crippen LogP contribution in [0.4, 0.5) is 0 Å². The fraction of sp³-hybridized carbons (Fsp3) is 0.611. The second-order valence-electron chi connectivity index (χ2n) is 7.35. The lowest BCUT2D eigenvalue weighted by Crippen LogP contribution is -2.58. The lowest BCUT2D eigenvalue weighted by molar-refractivity contribution is -0.497. The highest BCUT2D eigenvalue weighted by molar-refractivity contribution is 5.82. The highest BCUT2D eigenvalue weighted by Crippen LogP contribution is 2.38. The van der Waals surface area contributed by atoms with Gasteiger partial charge in [-0.15, -0.1) is 0 Å².